The first kappa shape index (κ1) is 40.8. The molecular weight excluding hydrogens is 743 g/mol. The molecule has 2 aliphatic carbocycles. The number of hydrogen-bond acceptors (Lipinski definition) is 0. The first-order valence-corrected chi connectivity index (χ1v) is 32.2. The molecule has 0 heterocycles. The monoisotopic (exact) mass is 800 g/mol. The van der Waals surface area contributed by atoms with Gasteiger partial charge in [-0.25, -0.2) is 0 Å². The van der Waals surface area contributed by atoms with Crippen LogP contribution < -0.4 is 0 Å². The third-order valence-corrected chi connectivity index (χ3v) is 28.9. The molecule has 266 valence electrons. The Bertz CT molecular complexity index is 1840. The minimum Gasteiger partial charge on any atom is -0.147 e. The van der Waals surface area contributed by atoms with Gasteiger partial charge in [0.1, 0.15) is 0 Å². The number of rotatable bonds is 8. The second kappa shape index (κ2) is 14.8. The summed E-state index contributed by atoms with van der Waals surface area (Å²) in [6.45, 7) is 21.0. The van der Waals surface area contributed by atoms with E-state index in [1.54, 1.807) is 22.3 Å². The molecule has 6 rings (SSSR count). The Morgan fingerprint density at radius 2 is 0.880 bits per heavy atom. The number of allylic oxidation sites excluding steroid dienone is 2. The van der Waals surface area contributed by atoms with Gasteiger partial charge in [0.25, 0.3) is 0 Å². The van der Waals surface area contributed by atoms with E-state index in [-0.39, 0.29) is 35.6 Å². The van der Waals surface area contributed by atoms with E-state index in [1.807, 2.05) is 0 Å². The van der Waals surface area contributed by atoms with E-state index in [1.165, 1.54) is 70.2 Å². The van der Waals surface area contributed by atoms with Crippen molar-refractivity contribution in [3.63, 3.8) is 0 Å². The molecular formula is C46H60Cl2SiZr. The topological polar surface area (TPSA) is 0 Å². The van der Waals surface area contributed by atoms with Crippen LogP contribution in [-0.4, -0.2) is 6.88 Å². The van der Waals surface area contributed by atoms with Crippen molar-refractivity contribution in [2.24, 2.45) is 0 Å². The zero-order chi connectivity index (χ0) is 34.7. The van der Waals surface area contributed by atoms with E-state index >= 15 is 0 Å². The van der Waals surface area contributed by atoms with Gasteiger partial charge in [0.2, 0.25) is 0 Å². The molecule has 0 N–H and O–H groups in total. The molecule has 0 amide bonds. The largest absolute Gasteiger partial charge is 0.147 e. The predicted molar refractivity (Wildman–Crippen MR) is 227 cm³/mol. The van der Waals surface area contributed by atoms with E-state index in [0.29, 0.717) is 7.25 Å². The molecule has 0 saturated carbocycles. The molecule has 50 heavy (non-hydrogen) atoms. The Kier molecular flexibility index (Phi) is 12.1. The van der Waals surface area contributed by atoms with Crippen molar-refractivity contribution in [2.45, 2.75) is 108 Å². The number of fused-ring (bicyclic) bond motifs is 2. The normalized spacial score (nSPS) is 17.3. The molecule has 0 bridgehead atoms. The van der Waals surface area contributed by atoms with Crippen molar-refractivity contribution in [3.05, 3.63) is 129 Å². The van der Waals surface area contributed by atoms with E-state index < -0.39 is 17.4 Å². The minimum atomic E-state index is -3.70. The Morgan fingerprint density at radius 3 is 1.18 bits per heavy atom. The molecule has 2 atom stereocenters. The molecule has 0 aromatic heterocycles. The molecule has 0 nitrogen and oxygen atoms in total. The predicted octanol–water partition coefficient (Wildman–Crippen LogP) is 14.0. The maximum Gasteiger partial charge on any atom is -0.147 e. The number of hydrogen-bond donors (Lipinski definition) is 0. The summed E-state index contributed by atoms with van der Waals surface area (Å²) in [4.78, 5) is 0. The first-order valence-electron chi connectivity index (χ1n) is 18.5. The quantitative estimate of drug-likeness (QED) is 0.156. The van der Waals surface area contributed by atoms with Crippen LogP contribution in [0.2, 0.25) is 9.26 Å². The van der Waals surface area contributed by atoms with Gasteiger partial charge in [0, 0.05) is 0 Å². The Labute approximate surface area is 319 Å². The fourth-order valence-electron chi connectivity index (χ4n) is 9.15. The van der Waals surface area contributed by atoms with E-state index in [9.17, 15) is 0 Å². The van der Waals surface area contributed by atoms with Crippen molar-refractivity contribution in [1.29, 1.82) is 0 Å². The van der Waals surface area contributed by atoms with E-state index in [0.717, 1.165) is 0 Å². The number of halogens is 2. The zero-order valence-electron chi connectivity index (χ0n) is 32.2. The molecule has 0 spiro atoms. The molecule has 2 aliphatic rings. The summed E-state index contributed by atoms with van der Waals surface area (Å²) in [5, 5.41) is 0. The van der Waals surface area contributed by atoms with Gasteiger partial charge in [-0.3, -0.25) is 0 Å². The van der Waals surface area contributed by atoms with Gasteiger partial charge < -0.3 is 0 Å². The first-order chi connectivity index (χ1) is 22.5. The standard InChI is InChI=1S/2C22H25.2CH3.2ClH.H2Si.Zr/c2*1-5-7-16-14-18-8-6-9-20(21(18)15-16)17-10-12-19(13-11-17)22(2,3)4;;;;;;/h2*6,8-15H,5,7H2,1-4H3;2*1H3;2*1H;1H2;. The summed E-state index contributed by atoms with van der Waals surface area (Å²) in [6, 6.07) is 33.2. The van der Waals surface area contributed by atoms with Crippen LogP contribution in [0.15, 0.2) is 96.1 Å². The average molecular weight is 803 g/mol. The van der Waals surface area contributed by atoms with Crippen molar-refractivity contribution < 1.29 is 17.4 Å². The van der Waals surface area contributed by atoms with Crippen LogP contribution in [0.3, 0.4) is 0 Å². The summed E-state index contributed by atoms with van der Waals surface area (Å²) < 4.78 is 6.70. The summed E-state index contributed by atoms with van der Waals surface area (Å²) in [5.41, 5.74) is 18.1. The minimum absolute atomic E-state index is 0. The van der Waals surface area contributed by atoms with Gasteiger partial charge in [-0.05, 0) is 0 Å². The van der Waals surface area contributed by atoms with E-state index in [4.69, 9.17) is 0 Å². The molecule has 0 radical (unpaired) electrons. The van der Waals surface area contributed by atoms with Gasteiger partial charge >= 0.3 is 297 Å². The van der Waals surface area contributed by atoms with Crippen molar-refractivity contribution in [2.75, 3.05) is 0 Å². The third-order valence-electron chi connectivity index (χ3n) is 11.4. The Balaban J connectivity index is 0.00000281. The Morgan fingerprint density at radius 1 is 0.540 bits per heavy atom. The molecule has 4 aromatic carbocycles. The molecule has 2 unspecified atom stereocenters. The van der Waals surface area contributed by atoms with Gasteiger partial charge in [0.05, 0.1) is 0 Å². The number of benzene rings is 4. The second-order valence-corrected chi connectivity index (χ2v) is 48.5. The van der Waals surface area contributed by atoms with Crippen LogP contribution in [-0.2, 0) is 28.2 Å². The molecule has 0 saturated heterocycles. The summed E-state index contributed by atoms with van der Waals surface area (Å²) >= 11 is -3.70. The van der Waals surface area contributed by atoms with Crippen LogP contribution in [0.5, 0.6) is 0 Å². The summed E-state index contributed by atoms with van der Waals surface area (Å²) in [7, 11) is 0. The summed E-state index contributed by atoms with van der Waals surface area (Å²) in [6.07, 6.45) is 10.0. The fourth-order valence-corrected chi connectivity index (χ4v) is 29.0. The zero-order valence-corrected chi connectivity index (χ0v) is 37.7. The fraction of sp³-hybridized carbons (Fsp3) is 0.391. The van der Waals surface area contributed by atoms with Gasteiger partial charge in [0.15, 0.2) is 0 Å². The summed E-state index contributed by atoms with van der Waals surface area (Å²) in [5.74, 6) is 0. The van der Waals surface area contributed by atoms with Crippen LogP contribution in [0.25, 0.3) is 34.4 Å². The SMILES string of the molecule is CCCC1=Cc2c(-c3ccc(C(C)(C)C)cc3)cccc2[CH]1[Zr]([CH3])([CH3])(=[SiH2])[CH]1C(CCC)=Cc2c(-c3ccc(C(C)(C)C)cc3)cccc21.Cl.Cl. The van der Waals surface area contributed by atoms with Gasteiger partial charge in [-0.2, -0.15) is 0 Å². The Hall–Kier alpha value is -1.96. The average Bonchev–Trinajstić information content (AvgIpc) is 3.60. The maximum atomic E-state index is 2.81. The maximum absolute atomic E-state index is 3.70. The molecule has 0 fully saturated rings. The van der Waals surface area contributed by atoms with Crippen molar-refractivity contribution >= 4 is 43.8 Å². The molecule has 0 aliphatic heterocycles. The van der Waals surface area contributed by atoms with Crippen LogP contribution in [0.1, 0.15) is 122 Å². The van der Waals surface area contributed by atoms with Crippen molar-refractivity contribution in [1.82, 2.24) is 0 Å². The second-order valence-electron chi connectivity index (χ2n) is 18.0. The van der Waals surface area contributed by atoms with Crippen LogP contribution in [0, 0.1) is 0 Å². The van der Waals surface area contributed by atoms with E-state index in [2.05, 4.69) is 169 Å². The van der Waals surface area contributed by atoms with Crippen LogP contribution >= 0.6 is 24.8 Å². The molecule has 4 aromatic rings. The van der Waals surface area contributed by atoms with Gasteiger partial charge in [-0.15, -0.1) is 24.8 Å². The molecule has 4 heteroatoms. The third kappa shape index (κ3) is 7.44. The smallest absolute Gasteiger partial charge is 0.147 e. The van der Waals surface area contributed by atoms with Gasteiger partial charge in [-0.1, -0.05) is 0 Å². The van der Waals surface area contributed by atoms with Crippen molar-refractivity contribution in [3.8, 4) is 22.3 Å². The van der Waals surface area contributed by atoms with Crippen LogP contribution in [0.4, 0.5) is 0 Å².